The fourth-order valence-corrected chi connectivity index (χ4v) is 3.36. The summed E-state index contributed by atoms with van der Waals surface area (Å²) in [6.45, 7) is 1.09. The number of halogens is 3. The van der Waals surface area contributed by atoms with E-state index in [2.05, 4.69) is 25.6 Å². The molecule has 0 saturated heterocycles. The molecule has 0 spiro atoms. The van der Waals surface area contributed by atoms with Crippen LogP contribution in [0.25, 0.3) is 16.6 Å². The lowest BCUT2D eigenvalue weighted by Gasteiger charge is -2.12. The van der Waals surface area contributed by atoms with Gasteiger partial charge in [0.25, 0.3) is 0 Å². The molecule has 0 fully saturated rings. The number of nitrogens with one attached hydrogen (secondary N) is 3. The first kappa shape index (κ1) is 22.7. The topological polar surface area (TPSA) is 70.0 Å². The Labute approximate surface area is 195 Å². The lowest BCUT2D eigenvalue weighted by molar-refractivity contribution is 0.615. The van der Waals surface area contributed by atoms with Gasteiger partial charge in [-0.3, -0.25) is 4.99 Å². The van der Waals surface area contributed by atoms with Gasteiger partial charge in [0.05, 0.1) is 12.0 Å². The molecule has 0 atom stereocenters. The number of H-pyrrole nitrogens is 1. The molecule has 0 saturated carbocycles. The molecule has 0 radical (unpaired) electrons. The minimum absolute atomic E-state index is 0. The first-order valence-electron chi connectivity index (χ1n) is 9.61. The summed E-state index contributed by atoms with van der Waals surface area (Å²) >= 11 is 0. The number of aromatic amines is 1. The van der Waals surface area contributed by atoms with E-state index in [9.17, 15) is 8.78 Å². The Balaban J connectivity index is 0.00000272. The third-order valence-corrected chi connectivity index (χ3v) is 4.89. The van der Waals surface area contributed by atoms with E-state index >= 15 is 0 Å². The molecule has 2 aromatic heterocycles. The molecule has 162 valence electrons. The third kappa shape index (κ3) is 5.40. The number of rotatable bonds is 6. The number of fused-ring (bicyclic) bond motifs is 1. The molecule has 0 aliphatic heterocycles. The Morgan fingerprint density at radius 3 is 2.77 bits per heavy atom. The van der Waals surface area contributed by atoms with Crippen molar-refractivity contribution in [2.24, 2.45) is 4.99 Å². The molecular formula is C22H23F2IN6. The smallest absolute Gasteiger partial charge is 0.191 e. The number of hydrogen-bond acceptors (Lipinski definition) is 2. The van der Waals surface area contributed by atoms with Crippen molar-refractivity contribution in [3.05, 3.63) is 84.1 Å². The third-order valence-electron chi connectivity index (χ3n) is 4.89. The summed E-state index contributed by atoms with van der Waals surface area (Å²) in [6.07, 6.45) is 7.52. The van der Waals surface area contributed by atoms with Crippen LogP contribution in [0.5, 0.6) is 0 Å². The average Bonchev–Trinajstić information content (AvgIpc) is 3.40. The van der Waals surface area contributed by atoms with Crippen molar-refractivity contribution in [1.29, 1.82) is 0 Å². The zero-order valence-electron chi connectivity index (χ0n) is 16.9. The molecular weight excluding hydrogens is 513 g/mol. The van der Waals surface area contributed by atoms with Gasteiger partial charge in [0.1, 0.15) is 11.6 Å². The molecule has 6 nitrogen and oxygen atoms in total. The van der Waals surface area contributed by atoms with Gasteiger partial charge in [-0.2, -0.15) is 0 Å². The summed E-state index contributed by atoms with van der Waals surface area (Å²) < 4.78 is 29.3. The van der Waals surface area contributed by atoms with Crippen LogP contribution in [0.1, 0.15) is 11.1 Å². The Morgan fingerprint density at radius 1 is 1.16 bits per heavy atom. The highest BCUT2D eigenvalue weighted by atomic mass is 127. The molecule has 2 aromatic carbocycles. The van der Waals surface area contributed by atoms with Gasteiger partial charge in [0, 0.05) is 49.6 Å². The minimum Gasteiger partial charge on any atom is -0.361 e. The molecule has 0 aliphatic rings. The Hall–Kier alpha value is -2.95. The standard InChI is InChI=1S/C22H22F2N6.HI/c1-25-22(27-7-6-16-13-28-20-11-17(23)3-4-18(16)20)29-12-15-2-5-21(19(24)10-15)30-9-8-26-14-30;/h2-5,8-11,13-14,28H,6-7,12H2,1H3,(H2,25,27,29);1H. The fraction of sp³-hybridized carbons (Fsp3) is 0.182. The van der Waals surface area contributed by atoms with Crippen molar-refractivity contribution in [3.63, 3.8) is 0 Å². The Bertz CT molecular complexity index is 1170. The van der Waals surface area contributed by atoms with Crippen LogP contribution in [-0.2, 0) is 13.0 Å². The molecule has 0 aliphatic carbocycles. The lowest BCUT2D eigenvalue weighted by Crippen LogP contribution is -2.37. The zero-order chi connectivity index (χ0) is 20.9. The lowest BCUT2D eigenvalue weighted by atomic mass is 10.1. The minimum atomic E-state index is -0.314. The maximum absolute atomic E-state index is 14.4. The highest BCUT2D eigenvalue weighted by Crippen LogP contribution is 2.19. The monoisotopic (exact) mass is 536 g/mol. The summed E-state index contributed by atoms with van der Waals surface area (Å²) in [5.74, 6) is 0.0547. The SMILES string of the molecule is CN=C(NCCc1c[nH]c2cc(F)ccc12)NCc1ccc(-n2ccnc2)c(F)c1.I. The van der Waals surface area contributed by atoms with E-state index in [0.29, 0.717) is 24.7 Å². The van der Waals surface area contributed by atoms with Crippen molar-refractivity contribution in [2.45, 2.75) is 13.0 Å². The maximum atomic E-state index is 14.4. The van der Waals surface area contributed by atoms with E-state index in [1.165, 1.54) is 18.2 Å². The normalized spacial score (nSPS) is 11.4. The molecule has 4 aromatic rings. The van der Waals surface area contributed by atoms with Crippen LogP contribution in [0.2, 0.25) is 0 Å². The highest BCUT2D eigenvalue weighted by molar-refractivity contribution is 14.0. The largest absolute Gasteiger partial charge is 0.361 e. The summed E-state index contributed by atoms with van der Waals surface area (Å²) in [4.78, 5) is 11.2. The van der Waals surface area contributed by atoms with Gasteiger partial charge in [0.15, 0.2) is 5.96 Å². The van der Waals surface area contributed by atoms with Crippen LogP contribution in [-0.4, -0.2) is 34.1 Å². The zero-order valence-corrected chi connectivity index (χ0v) is 19.2. The molecule has 4 rings (SSSR count). The highest BCUT2D eigenvalue weighted by Gasteiger charge is 2.07. The van der Waals surface area contributed by atoms with Crippen molar-refractivity contribution < 1.29 is 8.78 Å². The van der Waals surface area contributed by atoms with E-state index in [4.69, 9.17) is 0 Å². The summed E-state index contributed by atoms with van der Waals surface area (Å²) in [5.41, 5.74) is 3.15. The van der Waals surface area contributed by atoms with Crippen molar-refractivity contribution >= 4 is 40.8 Å². The van der Waals surface area contributed by atoms with E-state index in [-0.39, 0.29) is 35.6 Å². The average molecular weight is 536 g/mol. The second-order valence-corrected chi connectivity index (χ2v) is 6.86. The second-order valence-electron chi connectivity index (χ2n) is 6.86. The Kier molecular flexibility index (Phi) is 7.61. The van der Waals surface area contributed by atoms with Crippen LogP contribution in [0.15, 0.2) is 66.3 Å². The van der Waals surface area contributed by atoms with Crippen molar-refractivity contribution in [3.8, 4) is 5.69 Å². The number of guanidine groups is 1. The quantitative estimate of drug-likeness (QED) is 0.197. The number of imidazole rings is 1. The van der Waals surface area contributed by atoms with E-state index in [1.54, 1.807) is 42.5 Å². The van der Waals surface area contributed by atoms with E-state index in [1.807, 2.05) is 12.3 Å². The second kappa shape index (κ2) is 10.4. The van der Waals surface area contributed by atoms with Crippen molar-refractivity contribution in [2.75, 3.05) is 13.6 Å². The van der Waals surface area contributed by atoms with Crippen LogP contribution >= 0.6 is 24.0 Å². The molecule has 31 heavy (non-hydrogen) atoms. The van der Waals surface area contributed by atoms with Gasteiger partial charge in [-0.15, -0.1) is 24.0 Å². The van der Waals surface area contributed by atoms with Crippen LogP contribution in [0.3, 0.4) is 0 Å². The molecule has 3 N–H and O–H groups in total. The van der Waals surface area contributed by atoms with Gasteiger partial charge >= 0.3 is 0 Å². The molecule has 0 unspecified atom stereocenters. The summed E-state index contributed by atoms with van der Waals surface area (Å²) in [7, 11) is 1.69. The predicted molar refractivity (Wildman–Crippen MR) is 129 cm³/mol. The van der Waals surface area contributed by atoms with Gasteiger partial charge in [-0.05, 0) is 47.9 Å². The predicted octanol–water partition coefficient (Wildman–Crippen LogP) is 4.16. The summed E-state index contributed by atoms with van der Waals surface area (Å²) in [5, 5.41) is 7.44. The van der Waals surface area contributed by atoms with Crippen molar-refractivity contribution in [1.82, 2.24) is 25.2 Å². The molecule has 2 heterocycles. The number of hydrogen-bond donors (Lipinski definition) is 3. The number of nitrogens with zero attached hydrogens (tertiary/aromatic N) is 3. The first-order valence-corrected chi connectivity index (χ1v) is 9.61. The van der Waals surface area contributed by atoms with Gasteiger partial charge in [-0.1, -0.05) is 6.07 Å². The van der Waals surface area contributed by atoms with Crippen LogP contribution in [0, 0.1) is 11.6 Å². The molecule has 0 bridgehead atoms. The summed E-state index contributed by atoms with van der Waals surface area (Å²) in [6, 6.07) is 9.83. The Morgan fingerprint density at radius 2 is 2.03 bits per heavy atom. The van der Waals surface area contributed by atoms with Gasteiger partial charge in [-0.25, -0.2) is 13.8 Å². The van der Waals surface area contributed by atoms with Gasteiger partial charge in [0.2, 0.25) is 0 Å². The number of aliphatic imine (C=N–C) groups is 1. The maximum Gasteiger partial charge on any atom is 0.191 e. The number of aromatic nitrogens is 3. The van der Waals surface area contributed by atoms with E-state index < -0.39 is 0 Å². The number of benzene rings is 2. The first-order chi connectivity index (χ1) is 14.6. The molecule has 0 amide bonds. The molecule has 9 heteroatoms. The van der Waals surface area contributed by atoms with Gasteiger partial charge < -0.3 is 20.2 Å². The van der Waals surface area contributed by atoms with Crippen LogP contribution in [0.4, 0.5) is 8.78 Å². The van der Waals surface area contributed by atoms with Crippen LogP contribution < -0.4 is 10.6 Å². The fourth-order valence-electron chi connectivity index (χ4n) is 3.36. The van der Waals surface area contributed by atoms with E-state index in [0.717, 1.165) is 28.5 Å².